The first-order chi connectivity index (χ1) is 11.4. The summed E-state index contributed by atoms with van der Waals surface area (Å²) in [6.45, 7) is 5.00. The van der Waals surface area contributed by atoms with Crippen LogP contribution >= 0.6 is 0 Å². The molecule has 24 heavy (non-hydrogen) atoms. The fraction of sp³-hybridized carbons (Fsp3) is 0.474. The van der Waals surface area contributed by atoms with Crippen LogP contribution in [-0.2, 0) is 0 Å². The van der Waals surface area contributed by atoms with E-state index < -0.39 is 0 Å². The van der Waals surface area contributed by atoms with E-state index in [0.29, 0.717) is 6.04 Å². The van der Waals surface area contributed by atoms with E-state index >= 15 is 0 Å². The monoisotopic (exact) mass is 327 g/mol. The number of aromatic amines is 1. The average Bonchev–Trinajstić information content (AvgIpc) is 2.56. The minimum absolute atomic E-state index is 0.175. The number of likely N-dealkylation sites (tertiary alicyclic amines) is 1. The summed E-state index contributed by atoms with van der Waals surface area (Å²) in [4.78, 5) is 32.4. The first-order valence-electron chi connectivity index (χ1n) is 8.49. The van der Waals surface area contributed by atoms with Gasteiger partial charge in [-0.2, -0.15) is 0 Å². The van der Waals surface area contributed by atoms with Crippen molar-refractivity contribution in [1.29, 1.82) is 0 Å². The van der Waals surface area contributed by atoms with Gasteiger partial charge in [0.1, 0.15) is 5.56 Å². The van der Waals surface area contributed by atoms with Gasteiger partial charge in [0.2, 0.25) is 0 Å². The van der Waals surface area contributed by atoms with Crippen LogP contribution < -0.4 is 5.56 Å². The van der Waals surface area contributed by atoms with E-state index in [9.17, 15) is 9.59 Å². The standard InChI is InChI=1S/C19H25N3O2/c1-12-11-14(9-10-21(12)3)22(4)19(24)17-13(2)15-7-5-6-8-16(15)20-18(17)23/h5-8,12,14H,9-11H2,1-4H3,(H,20,23). The third-order valence-electron chi connectivity index (χ3n) is 5.44. The zero-order valence-electron chi connectivity index (χ0n) is 14.8. The van der Waals surface area contributed by atoms with E-state index in [4.69, 9.17) is 0 Å². The van der Waals surface area contributed by atoms with Crippen LogP contribution in [-0.4, -0.2) is 53.4 Å². The normalized spacial score (nSPS) is 21.8. The Bertz CT molecular complexity index is 827. The first-order valence-corrected chi connectivity index (χ1v) is 8.49. The largest absolute Gasteiger partial charge is 0.338 e. The van der Waals surface area contributed by atoms with Crippen molar-refractivity contribution in [3.8, 4) is 0 Å². The van der Waals surface area contributed by atoms with Gasteiger partial charge < -0.3 is 14.8 Å². The Morgan fingerprint density at radius 1 is 1.33 bits per heavy atom. The second-order valence-corrected chi connectivity index (χ2v) is 6.92. The van der Waals surface area contributed by atoms with Crippen molar-refractivity contribution in [2.24, 2.45) is 0 Å². The fourth-order valence-electron chi connectivity index (χ4n) is 3.62. The van der Waals surface area contributed by atoms with E-state index in [1.807, 2.05) is 38.2 Å². The third kappa shape index (κ3) is 2.84. The van der Waals surface area contributed by atoms with Gasteiger partial charge in [-0.1, -0.05) is 18.2 Å². The summed E-state index contributed by atoms with van der Waals surface area (Å²) in [6, 6.07) is 8.22. The van der Waals surface area contributed by atoms with Crippen LogP contribution in [0, 0.1) is 6.92 Å². The van der Waals surface area contributed by atoms with Crippen molar-refractivity contribution in [3.05, 3.63) is 45.7 Å². The van der Waals surface area contributed by atoms with Crippen molar-refractivity contribution in [3.63, 3.8) is 0 Å². The lowest BCUT2D eigenvalue weighted by Crippen LogP contribution is -2.48. The number of piperidine rings is 1. The Labute approximate surface area is 142 Å². The van der Waals surface area contributed by atoms with E-state index in [1.54, 1.807) is 4.90 Å². The van der Waals surface area contributed by atoms with Crippen molar-refractivity contribution in [1.82, 2.24) is 14.8 Å². The van der Waals surface area contributed by atoms with Gasteiger partial charge in [-0.15, -0.1) is 0 Å². The number of benzene rings is 1. The summed E-state index contributed by atoms with van der Waals surface area (Å²) in [6.07, 6.45) is 1.87. The molecule has 0 saturated carbocycles. The average molecular weight is 327 g/mol. The fourth-order valence-corrected chi connectivity index (χ4v) is 3.62. The Morgan fingerprint density at radius 2 is 2.04 bits per heavy atom. The molecule has 128 valence electrons. The molecular weight excluding hydrogens is 302 g/mol. The highest BCUT2D eigenvalue weighted by atomic mass is 16.2. The molecule has 2 heterocycles. The van der Waals surface area contributed by atoms with Crippen LogP contribution in [0.3, 0.4) is 0 Å². The predicted molar refractivity (Wildman–Crippen MR) is 96.5 cm³/mol. The molecule has 1 aromatic heterocycles. The summed E-state index contributed by atoms with van der Waals surface area (Å²) >= 11 is 0. The Morgan fingerprint density at radius 3 is 2.75 bits per heavy atom. The highest BCUT2D eigenvalue weighted by molar-refractivity contribution is 5.99. The lowest BCUT2D eigenvalue weighted by Gasteiger charge is -2.39. The number of hydrogen-bond donors (Lipinski definition) is 1. The topological polar surface area (TPSA) is 56.4 Å². The van der Waals surface area contributed by atoms with Gasteiger partial charge in [0.15, 0.2) is 0 Å². The van der Waals surface area contributed by atoms with Crippen molar-refractivity contribution >= 4 is 16.8 Å². The van der Waals surface area contributed by atoms with E-state index in [0.717, 1.165) is 35.9 Å². The van der Waals surface area contributed by atoms with Crippen LogP contribution in [0.25, 0.3) is 10.9 Å². The molecule has 0 aliphatic carbocycles. The molecule has 1 aromatic carbocycles. The SMILES string of the molecule is Cc1c(C(=O)N(C)C2CCN(C)C(C)C2)c(=O)[nH]c2ccccc12. The molecule has 1 amide bonds. The minimum Gasteiger partial charge on any atom is -0.338 e. The van der Waals surface area contributed by atoms with Crippen LogP contribution in [0.5, 0.6) is 0 Å². The molecule has 2 atom stereocenters. The summed E-state index contributed by atoms with van der Waals surface area (Å²) in [5, 5.41) is 0.922. The number of nitrogens with one attached hydrogen (secondary N) is 1. The van der Waals surface area contributed by atoms with Crippen LogP contribution in [0.15, 0.2) is 29.1 Å². The number of amides is 1. The zero-order chi connectivity index (χ0) is 17.4. The van der Waals surface area contributed by atoms with Crippen molar-refractivity contribution in [2.45, 2.75) is 38.8 Å². The number of H-pyrrole nitrogens is 1. The second kappa shape index (κ2) is 6.40. The first kappa shape index (κ1) is 16.7. The summed E-state index contributed by atoms with van der Waals surface area (Å²) in [5.41, 5.74) is 1.49. The maximum Gasteiger partial charge on any atom is 0.261 e. The van der Waals surface area contributed by atoms with Gasteiger partial charge in [0.25, 0.3) is 11.5 Å². The van der Waals surface area contributed by atoms with Crippen LogP contribution in [0.4, 0.5) is 0 Å². The van der Waals surface area contributed by atoms with Crippen molar-refractivity contribution in [2.75, 3.05) is 20.6 Å². The second-order valence-electron chi connectivity index (χ2n) is 6.92. The van der Waals surface area contributed by atoms with E-state index in [1.165, 1.54) is 0 Å². The third-order valence-corrected chi connectivity index (χ3v) is 5.44. The number of carbonyl (C=O) groups is 1. The number of aromatic nitrogens is 1. The smallest absolute Gasteiger partial charge is 0.261 e. The van der Waals surface area contributed by atoms with Gasteiger partial charge in [0, 0.05) is 36.6 Å². The highest BCUT2D eigenvalue weighted by Gasteiger charge is 2.30. The Hall–Kier alpha value is -2.14. The number of nitrogens with zero attached hydrogens (tertiary/aromatic N) is 2. The molecule has 0 radical (unpaired) electrons. The zero-order valence-corrected chi connectivity index (χ0v) is 14.8. The van der Waals surface area contributed by atoms with Crippen molar-refractivity contribution < 1.29 is 4.79 Å². The molecule has 1 N–H and O–H groups in total. The number of fused-ring (bicyclic) bond motifs is 1. The molecule has 2 aromatic rings. The number of carbonyl (C=O) groups excluding carboxylic acids is 1. The number of hydrogen-bond acceptors (Lipinski definition) is 3. The Kier molecular flexibility index (Phi) is 4.45. The molecule has 2 unspecified atom stereocenters. The minimum atomic E-state index is -0.302. The maximum absolute atomic E-state index is 13.0. The Balaban J connectivity index is 1.95. The molecule has 0 spiro atoms. The molecule has 1 aliphatic rings. The maximum atomic E-state index is 13.0. The number of rotatable bonds is 2. The number of para-hydroxylation sites is 1. The van der Waals surface area contributed by atoms with Gasteiger partial charge in [-0.3, -0.25) is 9.59 Å². The molecule has 5 nitrogen and oxygen atoms in total. The molecule has 1 saturated heterocycles. The molecule has 1 fully saturated rings. The van der Waals surface area contributed by atoms with Crippen LogP contribution in [0.1, 0.15) is 35.7 Å². The number of pyridine rings is 1. The summed E-state index contributed by atoms with van der Waals surface area (Å²) in [7, 11) is 3.93. The van der Waals surface area contributed by atoms with E-state index in [2.05, 4.69) is 23.9 Å². The van der Waals surface area contributed by atoms with Gasteiger partial charge in [0.05, 0.1) is 0 Å². The quantitative estimate of drug-likeness (QED) is 0.921. The molecule has 3 rings (SSSR count). The highest BCUT2D eigenvalue weighted by Crippen LogP contribution is 2.23. The summed E-state index contributed by atoms with van der Waals surface area (Å²) < 4.78 is 0. The summed E-state index contributed by atoms with van der Waals surface area (Å²) in [5.74, 6) is -0.179. The molecule has 1 aliphatic heterocycles. The lowest BCUT2D eigenvalue weighted by molar-refractivity contribution is 0.0596. The predicted octanol–water partition coefficient (Wildman–Crippen LogP) is 2.39. The van der Waals surface area contributed by atoms with Gasteiger partial charge >= 0.3 is 0 Å². The van der Waals surface area contributed by atoms with E-state index in [-0.39, 0.29) is 23.1 Å². The van der Waals surface area contributed by atoms with Gasteiger partial charge in [-0.25, -0.2) is 0 Å². The molecule has 5 heteroatoms. The number of aryl methyl sites for hydroxylation is 1. The van der Waals surface area contributed by atoms with Gasteiger partial charge in [-0.05, 0) is 45.4 Å². The molecular formula is C19H25N3O2. The van der Waals surface area contributed by atoms with Crippen LogP contribution in [0.2, 0.25) is 0 Å². The molecule has 0 bridgehead atoms. The lowest BCUT2D eigenvalue weighted by atomic mass is 9.96.